The summed E-state index contributed by atoms with van der Waals surface area (Å²) in [7, 11) is 0. The fourth-order valence-electron chi connectivity index (χ4n) is 1.26. The molecule has 0 aliphatic heterocycles. The second kappa shape index (κ2) is 5.39. The van der Waals surface area contributed by atoms with E-state index in [-0.39, 0.29) is 6.42 Å². The molecular weight excluding hydrogens is 242 g/mol. The Bertz CT molecular complexity index is 481. The number of thiazole rings is 1. The Hall–Kier alpha value is -1.96. The van der Waals surface area contributed by atoms with Gasteiger partial charge in [0.2, 0.25) is 0 Å². The van der Waals surface area contributed by atoms with E-state index in [0.29, 0.717) is 18.7 Å². The minimum absolute atomic E-state index is 0.0414. The van der Waals surface area contributed by atoms with Crippen molar-refractivity contribution in [3.8, 4) is 0 Å². The molecule has 0 aliphatic rings. The first-order chi connectivity index (χ1) is 8.24. The van der Waals surface area contributed by atoms with Crippen LogP contribution in [0.1, 0.15) is 11.5 Å². The van der Waals surface area contributed by atoms with Crippen molar-refractivity contribution in [2.75, 3.05) is 11.9 Å². The van der Waals surface area contributed by atoms with E-state index in [4.69, 9.17) is 5.11 Å². The summed E-state index contributed by atoms with van der Waals surface area (Å²) < 4.78 is 0. The maximum Gasteiger partial charge on any atom is 0.309 e. The van der Waals surface area contributed by atoms with Crippen molar-refractivity contribution in [3.05, 3.63) is 23.2 Å². The van der Waals surface area contributed by atoms with E-state index in [1.807, 2.05) is 0 Å². The van der Waals surface area contributed by atoms with E-state index in [2.05, 4.69) is 25.5 Å². The van der Waals surface area contributed by atoms with Crippen molar-refractivity contribution >= 4 is 22.4 Å². The number of rotatable bonds is 6. The van der Waals surface area contributed by atoms with Crippen LogP contribution in [0.3, 0.4) is 0 Å². The SMILES string of the molecule is O=C(O)Cc1csc(NCCc2ncn[nH]2)n1. The first-order valence-corrected chi connectivity index (χ1v) is 5.86. The molecule has 0 bridgehead atoms. The summed E-state index contributed by atoms with van der Waals surface area (Å²) in [6.07, 6.45) is 2.14. The minimum atomic E-state index is -0.872. The van der Waals surface area contributed by atoms with Crippen LogP contribution in [-0.2, 0) is 17.6 Å². The van der Waals surface area contributed by atoms with Crippen LogP contribution in [0.25, 0.3) is 0 Å². The Morgan fingerprint density at radius 1 is 1.59 bits per heavy atom. The second-order valence-corrected chi connectivity index (χ2v) is 4.18. The van der Waals surface area contributed by atoms with Crippen LogP contribution in [0, 0.1) is 0 Å². The van der Waals surface area contributed by atoms with Gasteiger partial charge in [0.1, 0.15) is 12.2 Å². The Kier molecular flexibility index (Phi) is 3.66. The molecule has 0 amide bonds. The lowest BCUT2D eigenvalue weighted by atomic mass is 10.3. The monoisotopic (exact) mass is 253 g/mol. The molecule has 0 atom stereocenters. The van der Waals surface area contributed by atoms with Crippen molar-refractivity contribution in [3.63, 3.8) is 0 Å². The molecule has 2 heterocycles. The van der Waals surface area contributed by atoms with Crippen LogP contribution in [-0.4, -0.2) is 37.8 Å². The zero-order valence-electron chi connectivity index (χ0n) is 8.88. The lowest BCUT2D eigenvalue weighted by molar-refractivity contribution is -0.136. The summed E-state index contributed by atoms with van der Waals surface area (Å²) in [5.74, 6) is -0.0664. The van der Waals surface area contributed by atoms with Crippen molar-refractivity contribution in [2.45, 2.75) is 12.8 Å². The van der Waals surface area contributed by atoms with E-state index in [1.165, 1.54) is 17.7 Å². The number of carboxylic acid groups (broad SMARTS) is 1. The molecule has 0 unspecified atom stereocenters. The summed E-state index contributed by atoms with van der Waals surface area (Å²) in [5.41, 5.74) is 0.574. The number of aliphatic carboxylic acids is 1. The number of H-pyrrole nitrogens is 1. The van der Waals surface area contributed by atoms with Gasteiger partial charge in [0.05, 0.1) is 12.1 Å². The molecule has 2 rings (SSSR count). The summed E-state index contributed by atoms with van der Waals surface area (Å²) in [4.78, 5) is 18.6. The highest BCUT2D eigenvalue weighted by Gasteiger charge is 2.05. The molecule has 0 aromatic carbocycles. The molecular formula is C9H11N5O2S. The highest BCUT2D eigenvalue weighted by atomic mass is 32.1. The van der Waals surface area contributed by atoms with Gasteiger partial charge in [-0.25, -0.2) is 9.97 Å². The van der Waals surface area contributed by atoms with Gasteiger partial charge in [-0.2, -0.15) is 5.10 Å². The number of nitrogens with one attached hydrogen (secondary N) is 2. The maximum atomic E-state index is 10.5. The average Bonchev–Trinajstić information content (AvgIpc) is 2.89. The summed E-state index contributed by atoms with van der Waals surface area (Å²) in [5, 5.41) is 20.7. The molecule has 90 valence electrons. The van der Waals surface area contributed by atoms with Gasteiger partial charge in [-0.15, -0.1) is 11.3 Å². The van der Waals surface area contributed by atoms with E-state index in [0.717, 1.165) is 11.0 Å². The predicted octanol–water partition coefficient (Wildman–Crippen LogP) is 0.543. The van der Waals surface area contributed by atoms with Gasteiger partial charge in [-0.1, -0.05) is 0 Å². The number of carbonyl (C=O) groups is 1. The van der Waals surface area contributed by atoms with E-state index in [9.17, 15) is 4.79 Å². The van der Waals surface area contributed by atoms with Gasteiger partial charge < -0.3 is 10.4 Å². The minimum Gasteiger partial charge on any atom is -0.481 e. The third kappa shape index (κ3) is 3.52. The quantitative estimate of drug-likeness (QED) is 0.694. The Morgan fingerprint density at radius 2 is 2.47 bits per heavy atom. The summed E-state index contributed by atoms with van der Waals surface area (Å²) >= 11 is 1.40. The van der Waals surface area contributed by atoms with Gasteiger partial charge in [0.15, 0.2) is 5.13 Å². The number of carboxylic acids is 1. The van der Waals surface area contributed by atoms with Crippen LogP contribution in [0.15, 0.2) is 11.7 Å². The molecule has 8 heteroatoms. The Balaban J connectivity index is 1.79. The third-order valence-electron chi connectivity index (χ3n) is 1.99. The van der Waals surface area contributed by atoms with Crippen molar-refractivity contribution in [1.82, 2.24) is 20.2 Å². The van der Waals surface area contributed by atoms with Crippen molar-refractivity contribution < 1.29 is 9.90 Å². The topological polar surface area (TPSA) is 104 Å². The number of anilines is 1. The van der Waals surface area contributed by atoms with Gasteiger partial charge in [0.25, 0.3) is 0 Å². The molecule has 17 heavy (non-hydrogen) atoms. The zero-order chi connectivity index (χ0) is 12.1. The Morgan fingerprint density at radius 3 is 3.18 bits per heavy atom. The third-order valence-corrected chi connectivity index (χ3v) is 2.84. The molecule has 0 saturated carbocycles. The molecule has 0 spiro atoms. The summed E-state index contributed by atoms with van der Waals surface area (Å²) in [6, 6.07) is 0. The molecule has 0 fully saturated rings. The fraction of sp³-hybridized carbons (Fsp3) is 0.333. The lowest BCUT2D eigenvalue weighted by Gasteiger charge is -1.99. The lowest BCUT2D eigenvalue weighted by Crippen LogP contribution is -2.06. The largest absolute Gasteiger partial charge is 0.481 e. The van der Waals surface area contributed by atoms with Crippen LogP contribution < -0.4 is 5.32 Å². The van der Waals surface area contributed by atoms with Crippen LogP contribution in [0.2, 0.25) is 0 Å². The number of aromatic nitrogens is 4. The second-order valence-electron chi connectivity index (χ2n) is 3.32. The smallest absolute Gasteiger partial charge is 0.309 e. The standard InChI is InChI=1S/C9H11N5O2S/c15-8(16)3-6-4-17-9(13-6)10-2-1-7-11-5-12-14-7/h4-5H,1-3H2,(H,10,13)(H,15,16)(H,11,12,14). The highest BCUT2D eigenvalue weighted by Crippen LogP contribution is 2.15. The molecule has 2 aromatic heterocycles. The van der Waals surface area contributed by atoms with Crippen LogP contribution in [0.4, 0.5) is 5.13 Å². The van der Waals surface area contributed by atoms with E-state index < -0.39 is 5.97 Å². The number of aromatic amines is 1. The molecule has 3 N–H and O–H groups in total. The van der Waals surface area contributed by atoms with Crippen molar-refractivity contribution in [1.29, 1.82) is 0 Å². The Labute approximate surface area is 101 Å². The van der Waals surface area contributed by atoms with Gasteiger partial charge >= 0.3 is 5.97 Å². The van der Waals surface area contributed by atoms with Gasteiger partial charge in [-0.05, 0) is 0 Å². The van der Waals surface area contributed by atoms with Crippen molar-refractivity contribution in [2.24, 2.45) is 0 Å². The van der Waals surface area contributed by atoms with Gasteiger partial charge in [0, 0.05) is 18.3 Å². The number of nitrogens with zero attached hydrogens (tertiary/aromatic N) is 3. The average molecular weight is 253 g/mol. The fourth-order valence-corrected chi connectivity index (χ4v) is 2.00. The van der Waals surface area contributed by atoms with Crippen LogP contribution in [0.5, 0.6) is 0 Å². The normalized spacial score (nSPS) is 10.4. The molecule has 0 saturated heterocycles. The molecule has 0 aliphatic carbocycles. The number of hydrogen-bond acceptors (Lipinski definition) is 6. The molecule has 7 nitrogen and oxygen atoms in total. The molecule has 0 radical (unpaired) electrons. The maximum absolute atomic E-state index is 10.5. The molecule has 2 aromatic rings. The first kappa shape index (κ1) is 11.5. The number of hydrogen-bond donors (Lipinski definition) is 3. The first-order valence-electron chi connectivity index (χ1n) is 4.98. The van der Waals surface area contributed by atoms with E-state index >= 15 is 0 Å². The summed E-state index contributed by atoms with van der Waals surface area (Å²) in [6.45, 7) is 0.676. The van der Waals surface area contributed by atoms with Gasteiger partial charge in [-0.3, -0.25) is 9.89 Å². The highest BCUT2D eigenvalue weighted by molar-refractivity contribution is 7.13. The van der Waals surface area contributed by atoms with Crippen LogP contribution >= 0.6 is 11.3 Å². The predicted molar refractivity (Wildman–Crippen MR) is 62.0 cm³/mol. The zero-order valence-corrected chi connectivity index (χ0v) is 9.70. The van der Waals surface area contributed by atoms with E-state index in [1.54, 1.807) is 5.38 Å².